The molecule has 0 bridgehead atoms. The van der Waals surface area contributed by atoms with Crippen molar-refractivity contribution in [2.75, 3.05) is 13.2 Å². The predicted molar refractivity (Wildman–Crippen MR) is 95.3 cm³/mol. The number of hydrogen-bond acceptors (Lipinski definition) is 3. The molecule has 0 amide bonds. The molecule has 2 aromatic rings. The van der Waals surface area contributed by atoms with E-state index in [0.717, 1.165) is 35.7 Å². The van der Waals surface area contributed by atoms with Crippen LogP contribution in [0.15, 0.2) is 55.1 Å². The van der Waals surface area contributed by atoms with Crippen LogP contribution in [0.25, 0.3) is 0 Å². The molecule has 0 aliphatic carbocycles. The molecule has 0 aliphatic rings. The van der Waals surface area contributed by atoms with Crippen LogP contribution in [0.5, 0.6) is 11.5 Å². The maximum absolute atomic E-state index is 5.99. The van der Waals surface area contributed by atoms with Gasteiger partial charge in [-0.25, -0.2) is 0 Å². The summed E-state index contributed by atoms with van der Waals surface area (Å²) in [6.45, 7) is 8.24. The van der Waals surface area contributed by atoms with Gasteiger partial charge in [-0.2, -0.15) is 0 Å². The second-order valence-corrected chi connectivity index (χ2v) is 5.49. The Kier molecular flexibility index (Phi) is 6.98. The third-order valence-corrected chi connectivity index (χ3v) is 3.44. The summed E-state index contributed by atoms with van der Waals surface area (Å²) in [5.41, 5.74) is 2.17. The summed E-state index contributed by atoms with van der Waals surface area (Å²) >= 11 is 5.99. The normalized spacial score (nSPS) is 10.3. The lowest BCUT2D eigenvalue weighted by atomic mass is 10.2. The zero-order valence-corrected chi connectivity index (χ0v) is 14.1. The molecule has 0 saturated carbocycles. The molecule has 0 unspecified atom stereocenters. The summed E-state index contributed by atoms with van der Waals surface area (Å²) in [6.07, 6.45) is 1.84. The Balaban J connectivity index is 2.05. The van der Waals surface area contributed by atoms with E-state index < -0.39 is 0 Å². The smallest absolute Gasteiger partial charge is 0.161 e. The highest BCUT2D eigenvalue weighted by Gasteiger charge is 2.07. The first-order valence-corrected chi connectivity index (χ1v) is 8.05. The highest BCUT2D eigenvalue weighted by Crippen LogP contribution is 2.29. The SMILES string of the molecule is C=CCNCc1ccc(OCc2cccc(Cl)c2)c(OCC)c1. The summed E-state index contributed by atoms with van der Waals surface area (Å²) in [5, 5.41) is 3.98. The number of ether oxygens (including phenoxy) is 2. The minimum atomic E-state index is 0.453. The Morgan fingerprint density at radius 1 is 1.09 bits per heavy atom. The van der Waals surface area contributed by atoms with Gasteiger partial charge < -0.3 is 14.8 Å². The highest BCUT2D eigenvalue weighted by molar-refractivity contribution is 6.30. The molecule has 3 nitrogen and oxygen atoms in total. The lowest BCUT2D eigenvalue weighted by Crippen LogP contribution is -2.12. The van der Waals surface area contributed by atoms with Gasteiger partial charge in [-0.3, -0.25) is 0 Å². The Morgan fingerprint density at radius 3 is 2.70 bits per heavy atom. The van der Waals surface area contributed by atoms with E-state index in [-0.39, 0.29) is 0 Å². The molecule has 4 heteroatoms. The summed E-state index contributed by atoms with van der Waals surface area (Å²) < 4.78 is 11.6. The van der Waals surface area contributed by atoms with Gasteiger partial charge in [0.05, 0.1) is 6.61 Å². The van der Waals surface area contributed by atoms with Gasteiger partial charge in [0.2, 0.25) is 0 Å². The van der Waals surface area contributed by atoms with Crippen molar-refractivity contribution in [1.82, 2.24) is 5.32 Å². The van der Waals surface area contributed by atoms with Gasteiger partial charge in [-0.05, 0) is 42.3 Å². The standard InChI is InChI=1S/C19H22ClNO2/c1-3-10-21-13-15-8-9-18(19(12-15)22-4-2)23-14-16-6-5-7-17(20)11-16/h3,5-9,11-12,21H,1,4,10,13-14H2,2H3. The van der Waals surface area contributed by atoms with Crippen molar-refractivity contribution in [2.45, 2.75) is 20.1 Å². The van der Waals surface area contributed by atoms with E-state index in [4.69, 9.17) is 21.1 Å². The van der Waals surface area contributed by atoms with Gasteiger partial charge in [-0.15, -0.1) is 6.58 Å². The highest BCUT2D eigenvalue weighted by atomic mass is 35.5. The van der Waals surface area contributed by atoms with Crippen LogP contribution in [0.3, 0.4) is 0 Å². The molecule has 0 spiro atoms. The maximum Gasteiger partial charge on any atom is 0.161 e. The molecular weight excluding hydrogens is 310 g/mol. The summed E-state index contributed by atoms with van der Waals surface area (Å²) in [5.74, 6) is 1.49. The molecule has 23 heavy (non-hydrogen) atoms. The van der Waals surface area contributed by atoms with Crippen molar-refractivity contribution in [3.63, 3.8) is 0 Å². The second kappa shape index (κ2) is 9.23. The molecule has 1 N–H and O–H groups in total. The molecule has 0 aromatic heterocycles. The van der Waals surface area contributed by atoms with Crippen molar-refractivity contribution >= 4 is 11.6 Å². The number of rotatable bonds is 9. The minimum absolute atomic E-state index is 0.453. The van der Waals surface area contributed by atoms with Crippen molar-refractivity contribution in [3.8, 4) is 11.5 Å². The van der Waals surface area contributed by atoms with Crippen LogP contribution < -0.4 is 14.8 Å². The lowest BCUT2D eigenvalue weighted by molar-refractivity contribution is 0.269. The zero-order valence-electron chi connectivity index (χ0n) is 13.3. The fraction of sp³-hybridized carbons (Fsp3) is 0.263. The van der Waals surface area contributed by atoms with E-state index in [0.29, 0.717) is 18.2 Å². The lowest BCUT2D eigenvalue weighted by Gasteiger charge is -2.14. The van der Waals surface area contributed by atoms with Crippen LogP contribution in [-0.4, -0.2) is 13.2 Å². The van der Waals surface area contributed by atoms with Gasteiger partial charge in [0.15, 0.2) is 11.5 Å². The average molecular weight is 332 g/mol. The van der Waals surface area contributed by atoms with Crippen molar-refractivity contribution < 1.29 is 9.47 Å². The number of halogens is 1. The van der Waals surface area contributed by atoms with Crippen LogP contribution in [0.1, 0.15) is 18.1 Å². The second-order valence-electron chi connectivity index (χ2n) is 5.05. The first-order chi connectivity index (χ1) is 11.2. The Morgan fingerprint density at radius 2 is 1.96 bits per heavy atom. The average Bonchev–Trinajstić information content (AvgIpc) is 2.55. The van der Waals surface area contributed by atoms with Gasteiger partial charge in [-0.1, -0.05) is 35.9 Å². The fourth-order valence-electron chi connectivity index (χ4n) is 2.16. The monoisotopic (exact) mass is 331 g/mol. The maximum atomic E-state index is 5.99. The van der Waals surface area contributed by atoms with Crippen molar-refractivity contribution in [3.05, 3.63) is 71.3 Å². The fourth-order valence-corrected chi connectivity index (χ4v) is 2.37. The molecule has 122 valence electrons. The van der Waals surface area contributed by atoms with E-state index in [1.54, 1.807) is 0 Å². The van der Waals surface area contributed by atoms with Crippen LogP contribution in [0.4, 0.5) is 0 Å². The number of hydrogen-bond donors (Lipinski definition) is 1. The molecule has 2 aromatic carbocycles. The summed E-state index contributed by atoms with van der Waals surface area (Å²) in [4.78, 5) is 0. The molecule has 0 saturated heterocycles. The van der Waals surface area contributed by atoms with Crippen LogP contribution >= 0.6 is 11.6 Å². The van der Waals surface area contributed by atoms with Crippen molar-refractivity contribution in [2.24, 2.45) is 0 Å². The largest absolute Gasteiger partial charge is 0.490 e. The number of nitrogens with one attached hydrogen (secondary N) is 1. The van der Waals surface area contributed by atoms with Gasteiger partial charge in [0.25, 0.3) is 0 Å². The minimum Gasteiger partial charge on any atom is -0.490 e. The summed E-state index contributed by atoms with van der Waals surface area (Å²) in [6, 6.07) is 13.6. The molecule has 0 heterocycles. The first kappa shape index (κ1) is 17.4. The van der Waals surface area contributed by atoms with Gasteiger partial charge in [0, 0.05) is 18.1 Å². The molecule has 0 aliphatic heterocycles. The first-order valence-electron chi connectivity index (χ1n) is 7.67. The third-order valence-electron chi connectivity index (χ3n) is 3.21. The summed E-state index contributed by atoms with van der Waals surface area (Å²) in [7, 11) is 0. The van der Waals surface area contributed by atoms with Gasteiger partial charge in [0.1, 0.15) is 6.61 Å². The quantitative estimate of drug-likeness (QED) is 0.538. The van der Waals surface area contributed by atoms with E-state index in [1.165, 1.54) is 0 Å². The van der Waals surface area contributed by atoms with E-state index >= 15 is 0 Å². The van der Waals surface area contributed by atoms with Gasteiger partial charge >= 0.3 is 0 Å². The molecule has 0 radical (unpaired) electrons. The van der Waals surface area contributed by atoms with Crippen LogP contribution in [0.2, 0.25) is 5.02 Å². The Hall–Kier alpha value is -1.97. The molecular formula is C19H22ClNO2. The Bertz CT molecular complexity index is 643. The topological polar surface area (TPSA) is 30.5 Å². The zero-order chi connectivity index (χ0) is 16.5. The van der Waals surface area contributed by atoms with E-state index in [1.807, 2.05) is 55.5 Å². The van der Waals surface area contributed by atoms with E-state index in [2.05, 4.69) is 11.9 Å². The molecule has 0 fully saturated rings. The molecule has 2 rings (SSSR count). The van der Waals surface area contributed by atoms with E-state index in [9.17, 15) is 0 Å². The predicted octanol–water partition coefficient (Wildman–Crippen LogP) is 4.59. The van der Waals surface area contributed by atoms with Crippen LogP contribution in [0, 0.1) is 0 Å². The third kappa shape index (κ3) is 5.62. The Labute approximate surface area is 142 Å². The molecule has 0 atom stereocenters. The number of benzene rings is 2. The van der Waals surface area contributed by atoms with Crippen molar-refractivity contribution in [1.29, 1.82) is 0 Å². The van der Waals surface area contributed by atoms with Crippen LogP contribution in [-0.2, 0) is 13.2 Å².